The molecule has 0 fully saturated rings. The van der Waals surface area contributed by atoms with E-state index in [-0.39, 0.29) is 10.9 Å². The molecule has 0 N–H and O–H groups in total. The third kappa shape index (κ3) is 6.59. The molecule has 0 aliphatic carbocycles. The number of hydrogen-bond acceptors (Lipinski definition) is 2. The highest BCUT2D eigenvalue weighted by Crippen LogP contribution is 2.36. The van der Waals surface area contributed by atoms with Crippen molar-refractivity contribution >= 4 is 43.6 Å². The van der Waals surface area contributed by atoms with E-state index in [0.717, 1.165) is 59.1 Å². The van der Waals surface area contributed by atoms with Gasteiger partial charge < -0.3 is 9.13 Å². The van der Waals surface area contributed by atoms with Crippen molar-refractivity contribution in [2.45, 2.75) is 132 Å². The van der Waals surface area contributed by atoms with Gasteiger partial charge in [-0.15, -0.1) is 0 Å². The zero-order valence-electron chi connectivity index (χ0n) is 35.8. The summed E-state index contributed by atoms with van der Waals surface area (Å²) in [5.41, 5.74) is 15.3. The lowest BCUT2D eigenvalue weighted by Crippen LogP contribution is -2.16. The number of nitrogens with zero attached hydrogens (tertiary/aromatic N) is 2. The lowest BCUT2D eigenvalue weighted by molar-refractivity contribution is 0.830. The van der Waals surface area contributed by atoms with E-state index in [4.69, 9.17) is 0 Å². The molecule has 0 saturated carbocycles. The van der Waals surface area contributed by atoms with Gasteiger partial charge in [-0.05, 0) is 155 Å². The maximum Gasteiger partial charge on any atom is 0.197 e. The highest BCUT2D eigenvalue weighted by molar-refractivity contribution is 6.05. The van der Waals surface area contributed by atoms with Crippen LogP contribution in [0.1, 0.15) is 151 Å². The third-order valence-corrected chi connectivity index (χ3v) is 12.3. The molecule has 4 nitrogen and oxygen atoms in total. The first-order chi connectivity index (χ1) is 26.7. The number of rotatable bonds is 10. The Balaban J connectivity index is 1.77. The smallest absolute Gasteiger partial charge is 0.197 e. The fraction of sp³-hybridized carbons (Fsp3) is 0.385. The van der Waals surface area contributed by atoms with Crippen LogP contribution in [-0.2, 0) is 25.7 Å². The van der Waals surface area contributed by atoms with Crippen LogP contribution in [0.15, 0.2) is 82.4 Å². The van der Waals surface area contributed by atoms with E-state index < -0.39 is 0 Å². The van der Waals surface area contributed by atoms with Crippen molar-refractivity contribution in [2.75, 3.05) is 0 Å². The molecule has 7 rings (SSSR count). The maximum atomic E-state index is 15.1. The number of benzene rings is 5. The van der Waals surface area contributed by atoms with Crippen molar-refractivity contribution in [3.05, 3.63) is 138 Å². The predicted molar refractivity (Wildman–Crippen MR) is 242 cm³/mol. The lowest BCUT2D eigenvalue weighted by atomic mass is 9.93. The van der Waals surface area contributed by atoms with E-state index in [1.807, 2.05) is 12.1 Å². The molecule has 0 spiro atoms. The summed E-state index contributed by atoms with van der Waals surface area (Å²) in [4.78, 5) is 30.2. The maximum absolute atomic E-state index is 15.1. The first-order valence-electron chi connectivity index (χ1n) is 21.2. The summed E-state index contributed by atoms with van der Waals surface area (Å²) in [6.45, 7) is 26.6. The highest BCUT2D eigenvalue weighted by Gasteiger charge is 2.22. The first kappa shape index (κ1) is 39.3. The average Bonchev–Trinajstić information content (AvgIpc) is 3.19. The molecule has 2 heterocycles. The Hall–Kier alpha value is -4.96. The van der Waals surface area contributed by atoms with Crippen LogP contribution < -0.4 is 10.9 Å². The Morgan fingerprint density at radius 2 is 0.607 bits per heavy atom. The molecule has 0 atom stereocenters. The van der Waals surface area contributed by atoms with Gasteiger partial charge in [-0.2, -0.15) is 0 Å². The molecule has 0 saturated heterocycles. The van der Waals surface area contributed by atoms with Crippen molar-refractivity contribution in [3.8, 4) is 11.4 Å². The van der Waals surface area contributed by atoms with E-state index in [1.165, 1.54) is 44.5 Å². The van der Waals surface area contributed by atoms with Gasteiger partial charge in [-0.25, -0.2) is 0 Å². The Labute approximate surface area is 333 Å². The van der Waals surface area contributed by atoms with Crippen LogP contribution in [0, 0.1) is 0 Å². The quantitative estimate of drug-likeness (QED) is 0.131. The number of aryl methyl sites for hydroxylation is 4. The number of hydrogen-bond donors (Lipinski definition) is 0. The Bertz CT molecular complexity index is 2550. The van der Waals surface area contributed by atoms with Crippen molar-refractivity contribution in [1.82, 2.24) is 9.13 Å². The van der Waals surface area contributed by atoms with Gasteiger partial charge in [-0.3, -0.25) is 9.59 Å². The Morgan fingerprint density at radius 3 is 0.875 bits per heavy atom. The molecule has 0 aliphatic rings. The van der Waals surface area contributed by atoms with Gasteiger partial charge in [-0.1, -0.05) is 95.2 Å². The lowest BCUT2D eigenvalue weighted by Gasteiger charge is -2.23. The molecule has 4 heteroatoms. The van der Waals surface area contributed by atoms with Gasteiger partial charge in [0.1, 0.15) is 0 Å². The van der Waals surface area contributed by atoms with Gasteiger partial charge in [0.15, 0.2) is 10.9 Å². The molecule has 5 aromatic carbocycles. The van der Waals surface area contributed by atoms with Crippen molar-refractivity contribution in [3.63, 3.8) is 0 Å². The molecule has 0 unspecified atom stereocenters. The zero-order chi connectivity index (χ0) is 40.3. The minimum Gasteiger partial charge on any atom is -0.309 e. The molecule has 2 aromatic heterocycles. The van der Waals surface area contributed by atoms with Gasteiger partial charge >= 0.3 is 0 Å². The van der Waals surface area contributed by atoms with Gasteiger partial charge in [0.25, 0.3) is 0 Å². The standard InChI is InChI=1S/C52H60N2O2/c1-13-33-23-43-47(25-35(33)15-3)53(41-19-37(29(5)6)17-38(20-41)30(7)8)49-28-46-50(27-45(49)51(43)55)54(42-21-39(31(9)10)18-40(22-42)32(11)12)48-26-36(16-4)34(14-2)24-44(48)52(46)56/h17-32H,13-16H2,1-12H3. The second-order valence-corrected chi connectivity index (χ2v) is 17.2. The molecular weight excluding hydrogens is 685 g/mol. The predicted octanol–water partition coefficient (Wildman–Crippen LogP) is 13.3. The Kier molecular flexibility index (Phi) is 10.6. The fourth-order valence-electron chi connectivity index (χ4n) is 8.73. The third-order valence-electron chi connectivity index (χ3n) is 12.3. The Morgan fingerprint density at radius 1 is 0.357 bits per heavy atom. The van der Waals surface area contributed by atoms with E-state index in [2.05, 4.69) is 153 Å². The van der Waals surface area contributed by atoms with Crippen LogP contribution >= 0.6 is 0 Å². The van der Waals surface area contributed by atoms with Crippen molar-refractivity contribution < 1.29 is 0 Å². The largest absolute Gasteiger partial charge is 0.309 e. The second-order valence-electron chi connectivity index (χ2n) is 17.2. The molecule has 0 amide bonds. The molecule has 290 valence electrons. The topological polar surface area (TPSA) is 44.0 Å². The minimum atomic E-state index is 0.00285. The van der Waals surface area contributed by atoms with E-state index in [0.29, 0.717) is 45.2 Å². The summed E-state index contributed by atoms with van der Waals surface area (Å²) in [7, 11) is 0. The van der Waals surface area contributed by atoms with Crippen molar-refractivity contribution in [2.24, 2.45) is 0 Å². The van der Waals surface area contributed by atoms with E-state index >= 15 is 9.59 Å². The van der Waals surface area contributed by atoms with Crippen LogP contribution in [-0.4, -0.2) is 9.13 Å². The summed E-state index contributed by atoms with van der Waals surface area (Å²) in [5.74, 6) is 1.28. The highest BCUT2D eigenvalue weighted by atomic mass is 16.1. The van der Waals surface area contributed by atoms with Crippen LogP contribution in [0.4, 0.5) is 0 Å². The van der Waals surface area contributed by atoms with Crippen LogP contribution in [0.3, 0.4) is 0 Å². The first-order valence-corrected chi connectivity index (χ1v) is 21.2. The summed E-state index contributed by atoms with van der Waals surface area (Å²) in [5, 5.41) is 2.67. The molecule has 56 heavy (non-hydrogen) atoms. The van der Waals surface area contributed by atoms with Gasteiger partial charge in [0.2, 0.25) is 0 Å². The number of pyridine rings is 2. The fourth-order valence-corrected chi connectivity index (χ4v) is 8.73. The molecule has 0 radical (unpaired) electrons. The molecule has 7 aromatic rings. The minimum absolute atomic E-state index is 0.00285. The van der Waals surface area contributed by atoms with E-state index in [1.54, 1.807) is 0 Å². The second kappa shape index (κ2) is 15.2. The normalized spacial score (nSPS) is 12.3. The number of aromatic nitrogens is 2. The molecular formula is C52H60N2O2. The zero-order valence-corrected chi connectivity index (χ0v) is 35.8. The van der Waals surface area contributed by atoms with Gasteiger partial charge in [0.05, 0.1) is 22.1 Å². The summed E-state index contributed by atoms with van der Waals surface area (Å²) in [6.07, 6.45) is 3.45. The van der Waals surface area contributed by atoms with E-state index in [9.17, 15) is 0 Å². The van der Waals surface area contributed by atoms with Crippen LogP contribution in [0.5, 0.6) is 0 Å². The summed E-state index contributed by atoms with van der Waals surface area (Å²) in [6, 6.07) is 26.6. The molecule has 0 bridgehead atoms. The monoisotopic (exact) mass is 744 g/mol. The van der Waals surface area contributed by atoms with Crippen LogP contribution in [0.2, 0.25) is 0 Å². The summed E-state index contributed by atoms with van der Waals surface area (Å²) >= 11 is 0. The summed E-state index contributed by atoms with van der Waals surface area (Å²) < 4.78 is 4.56. The van der Waals surface area contributed by atoms with Crippen molar-refractivity contribution in [1.29, 1.82) is 0 Å². The SMILES string of the molecule is CCc1cc2c(=O)c3cc4c(cc3n(-c3cc(C(C)C)cc(C(C)C)c3)c2cc1CC)c(=O)c1cc(CC)c(CC)cc1n4-c1cc(C(C)C)cc(C(C)C)c1. The average molecular weight is 745 g/mol. The van der Waals surface area contributed by atoms with Crippen LogP contribution in [0.25, 0.3) is 55.0 Å². The molecule has 0 aliphatic heterocycles. The van der Waals surface area contributed by atoms with Gasteiger partial charge in [0, 0.05) is 32.9 Å². The number of fused-ring (bicyclic) bond motifs is 4.